The fraction of sp³-hybridized carbons (Fsp3) is 0.190. The molecule has 1 aliphatic rings. The molecule has 0 saturated carbocycles. The average Bonchev–Trinajstić information content (AvgIpc) is 2.62. The summed E-state index contributed by atoms with van der Waals surface area (Å²) in [7, 11) is 1.57. The number of amides is 4. The highest BCUT2D eigenvalue weighted by molar-refractivity contribution is 6.39. The van der Waals surface area contributed by atoms with Gasteiger partial charge >= 0.3 is 6.03 Å². The number of anilines is 1. The van der Waals surface area contributed by atoms with Crippen LogP contribution in [-0.2, 0) is 9.59 Å². The van der Waals surface area contributed by atoms with Gasteiger partial charge in [-0.2, -0.15) is 0 Å². The summed E-state index contributed by atoms with van der Waals surface area (Å²) < 4.78 is 5.17. The number of hydrogen-bond acceptors (Lipinski definition) is 4. The molecule has 3 rings (SSSR count). The number of nitrogens with one attached hydrogen (secondary N) is 1. The third kappa shape index (κ3) is 3.46. The minimum Gasteiger partial charge on any atom is -0.497 e. The molecule has 0 atom stereocenters. The molecule has 1 fully saturated rings. The van der Waals surface area contributed by atoms with Crippen LogP contribution in [-0.4, -0.2) is 25.0 Å². The lowest BCUT2D eigenvalue weighted by Crippen LogP contribution is -2.54. The molecule has 2 aromatic carbocycles. The lowest BCUT2D eigenvalue weighted by atomic mass is 10.0. The summed E-state index contributed by atoms with van der Waals surface area (Å²) in [6.45, 7) is 5.69. The molecular formula is C21H20N2O4. The molecular weight excluding hydrogens is 344 g/mol. The molecule has 1 aliphatic heterocycles. The van der Waals surface area contributed by atoms with E-state index in [0.717, 1.165) is 21.6 Å². The maximum atomic E-state index is 12.9. The Bertz CT molecular complexity index is 992. The van der Waals surface area contributed by atoms with E-state index in [1.807, 2.05) is 32.9 Å². The Morgan fingerprint density at radius 1 is 0.926 bits per heavy atom. The number of benzene rings is 2. The molecule has 0 aliphatic carbocycles. The van der Waals surface area contributed by atoms with Crippen molar-refractivity contribution < 1.29 is 19.1 Å². The van der Waals surface area contributed by atoms with Crippen LogP contribution in [0.1, 0.15) is 22.3 Å². The smallest absolute Gasteiger partial charge is 0.335 e. The highest BCUT2D eigenvalue weighted by Gasteiger charge is 2.36. The Balaban J connectivity index is 2.03. The van der Waals surface area contributed by atoms with E-state index in [0.29, 0.717) is 17.0 Å². The van der Waals surface area contributed by atoms with Crippen molar-refractivity contribution in [3.8, 4) is 5.75 Å². The van der Waals surface area contributed by atoms with Crippen molar-refractivity contribution in [3.63, 3.8) is 0 Å². The largest absolute Gasteiger partial charge is 0.497 e. The predicted octanol–water partition coefficient (Wildman–Crippen LogP) is 3.29. The van der Waals surface area contributed by atoms with Crippen LogP contribution in [0.15, 0.2) is 42.0 Å². The standard InChI is InChI=1S/C21H20N2O4/c1-12-5-7-16(9-13(12)2)23-20(25)18(19(24)22-21(23)26)11-15-6-8-17(27-4)10-14(15)3/h5-11H,1-4H3,(H,22,24,26)/b18-11-. The SMILES string of the molecule is COc1ccc(/C=C2/C(=O)NC(=O)N(c3ccc(C)c(C)c3)C2=O)c(C)c1. The Labute approximate surface area is 157 Å². The van der Waals surface area contributed by atoms with Gasteiger partial charge in [0.25, 0.3) is 11.8 Å². The zero-order chi connectivity index (χ0) is 19.7. The lowest BCUT2D eigenvalue weighted by Gasteiger charge is -2.27. The van der Waals surface area contributed by atoms with Gasteiger partial charge in [-0.05, 0) is 73.4 Å². The van der Waals surface area contributed by atoms with Gasteiger partial charge in [-0.3, -0.25) is 14.9 Å². The van der Waals surface area contributed by atoms with E-state index in [2.05, 4.69) is 5.32 Å². The van der Waals surface area contributed by atoms with Crippen molar-refractivity contribution in [2.75, 3.05) is 12.0 Å². The van der Waals surface area contributed by atoms with E-state index in [4.69, 9.17) is 4.74 Å². The van der Waals surface area contributed by atoms with Crippen molar-refractivity contribution in [1.29, 1.82) is 0 Å². The van der Waals surface area contributed by atoms with Crippen molar-refractivity contribution in [2.45, 2.75) is 20.8 Å². The molecule has 6 nitrogen and oxygen atoms in total. The van der Waals surface area contributed by atoms with Crippen molar-refractivity contribution in [3.05, 3.63) is 64.2 Å². The van der Waals surface area contributed by atoms with Crippen LogP contribution < -0.4 is 15.0 Å². The van der Waals surface area contributed by atoms with Crippen molar-refractivity contribution in [2.24, 2.45) is 0 Å². The van der Waals surface area contributed by atoms with Crippen LogP contribution in [0.2, 0.25) is 0 Å². The number of imide groups is 2. The Morgan fingerprint density at radius 2 is 1.67 bits per heavy atom. The number of hydrogen-bond donors (Lipinski definition) is 1. The summed E-state index contributed by atoms with van der Waals surface area (Å²) in [6, 6.07) is 9.83. The second-order valence-corrected chi connectivity index (χ2v) is 6.45. The summed E-state index contributed by atoms with van der Waals surface area (Å²) in [6.07, 6.45) is 1.49. The molecule has 0 spiro atoms. The third-order valence-electron chi connectivity index (χ3n) is 4.63. The molecule has 0 aromatic heterocycles. The monoisotopic (exact) mass is 364 g/mol. The second-order valence-electron chi connectivity index (χ2n) is 6.45. The molecule has 0 radical (unpaired) electrons. The number of ether oxygens (including phenoxy) is 1. The zero-order valence-corrected chi connectivity index (χ0v) is 15.6. The highest BCUT2D eigenvalue weighted by Crippen LogP contribution is 2.25. The van der Waals surface area contributed by atoms with Crippen molar-refractivity contribution in [1.82, 2.24) is 5.32 Å². The van der Waals surface area contributed by atoms with Gasteiger partial charge in [0.1, 0.15) is 11.3 Å². The van der Waals surface area contributed by atoms with E-state index in [1.165, 1.54) is 6.08 Å². The number of aryl methyl sites for hydroxylation is 3. The van der Waals surface area contributed by atoms with Gasteiger partial charge in [0.2, 0.25) is 0 Å². The van der Waals surface area contributed by atoms with E-state index < -0.39 is 17.8 Å². The Morgan fingerprint density at radius 3 is 2.30 bits per heavy atom. The van der Waals surface area contributed by atoms with Gasteiger partial charge < -0.3 is 4.74 Å². The fourth-order valence-electron chi connectivity index (χ4n) is 2.85. The average molecular weight is 364 g/mol. The first-order valence-corrected chi connectivity index (χ1v) is 8.45. The van der Waals surface area contributed by atoms with Gasteiger partial charge in [0.15, 0.2) is 0 Å². The first-order chi connectivity index (χ1) is 12.8. The summed E-state index contributed by atoms with van der Waals surface area (Å²) in [5.41, 5.74) is 3.86. The molecule has 1 N–H and O–H groups in total. The first kappa shape index (κ1) is 18.4. The molecule has 27 heavy (non-hydrogen) atoms. The number of nitrogens with zero attached hydrogens (tertiary/aromatic N) is 1. The molecule has 0 bridgehead atoms. The number of carbonyl (C=O) groups is 3. The molecule has 0 unspecified atom stereocenters. The van der Waals surface area contributed by atoms with Gasteiger partial charge in [0.05, 0.1) is 12.8 Å². The fourth-order valence-corrected chi connectivity index (χ4v) is 2.85. The molecule has 138 valence electrons. The number of rotatable bonds is 3. The molecule has 4 amide bonds. The van der Waals surface area contributed by atoms with Gasteiger partial charge in [-0.25, -0.2) is 9.69 Å². The molecule has 6 heteroatoms. The van der Waals surface area contributed by atoms with Crippen molar-refractivity contribution >= 4 is 29.6 Å². The number of barbiturate groups is 1. The molecule has 1 heterocycles. The Kier molecular flexibility index (Phi) is 4.81. The van der Waals surface area contributed by atoms with Crippen LogP contribution in [0.5, 0.6) is 5.75 Å². The van der Waals surface area contributed by atoms with Crippen LogP contribution in [0.3, 0.4) is 0 Å². The first-order valence-electron chi connectivity index (χ1n) is 8.45. The normalized spacial score (nSPS) is 15.9. The van der Waals surface area contributed by atoms with Gasteiger partial charge in [-0.15, -0.1) is 0 Å². The molecule has 1 saturated heterocycles. The lowest BCUT2D eigenvalue weighted by molar-refractivity contribution is -0.122. The van der Waals surface area contributed by atoms with Gasteiger partial charge in [0, 0.05) is 0 Å². The van der Waals surface area contributed by atoms with Crippen LogP contribution >= 0.6 is 0 Å². The Hall–Kier alpha value is -3.41. The minimum absolute atomic E-state index is 0.0962. The minimum atomic E-state index is -0.753. The number of methoxy groups -OCH3 is 1. The van der Waals surface area contributed by atoms with E-state index >= 15 is 0 Å². The predicted molar refractivity (Wildman–Crippen MR) is 103 cm³/mol. The quantitative estimate of drug-likeness (QED) is 0.670. The van der Waals surface area contributed by atoms with E-state index in [-0.39, 0.29) is 5.57 Å². The highest BCUT2D eigenvalue weighted by atomic mass is 16.5. The third-order valence-corrected chi connectivity index (χ3v) is 4.63. The number of carbonyl (C=O) groups excluding carboxylic acids is 3. The van der Waals surface area contributed by atoms with E-state index in [1.54, 1.807) is 31.4 Å². The van der Waals surface area contributed by atoms with Crippen LogP contribution in [0.25, 0.3) is 6.08 Å². The summed E-state index contributed by atoms with van der Waals surface area (Å²) >= 11 is 0. The number of urea groups is 1. The topological polar surface area (TPSA) is 75.7 Å². The zero-order valence-electron chi connectivity index (χ0n) is 15.6. The summed E-state index contributed by atoms with van der Waals surface area (Å²) in [5.74, 6) is -0.677. The van der Waals surface area contributed by atoms with Gasteiger partial charge in [-0.1, -0.05) is 12.1 Å². The maximum Gasteiger partial charge on any atom is 0.335 e. The molecule has 2 aromatic rings. The van der Waals surface area contributed by atoms with Crippen LogP contribution in [0, 0.1) is 20.8 Å². The second kappa shape index (κ2) is 7.07. The summed E-state index contributed by atoms with van der Waals surface area (Å²) in [4.78, 5) is 38.5. The van der Waals surface area contributed by atoms with Crippen LogP contribution in [0.4, 0.5) is 10.5 Å². The maximum absolute atomic E-state index is 12.9. The summed E-state index contributed by atoms with van der Waals surface area (Å²) in [5, 5.41) is 2.24. The van der Waals surface area contributed by atoms with E-state index in [9.17, 15) is 14.4 Å².